The number of hydrogen-bond acceptors (Lipinski definition) is 4. The Morgan fingerprint density at radius 1 is 1.12 bits per heavy atom. The minimum Gasteiger partial charge on any atom is -0.284 e. The summed E-state index contributed by atoms with van der Waals surface area (Å²) in [6.07, 6.45) is 0. The number of rotatable bonds is 3. The molecule has 1 aliphatic heterocycles. The van der Waals surface area contributed by atoms with Gasteiger partial charge in [0, 0.05) is 17.6 Å². The van der Waals surface area contributed by atoms with E-state index in [4.69, 9.17) is 0 Å². The molecule has 4 rings (SSSR count). The van der Waals surface area contributed by atoms with Gasteiger partial charge in [-0.2, -0.15) is 0 Å². The number of aryl methyl sites for hydroxylation is 1. The quantitative estimate of drug-likeness (QED) is 0.695. The summed E-state index contributed by atoms with van der Waals surface area (Å²) in [7, 11) is 0. The third-order valence-corrected chi connectivity index (χ3v) is 4.89. The van der Waals surface area contributed by atoms with Gasteiger partial charge in [-0.25, -0.2) is 4.68 Å². The van der Waals surface area contributed by atoms with Crippen molar-refractivity contribution in [2.75, 3.05) is 6.54 Å². The molecule has 1 aromatic heterocycles. The third kappa shape index (κ3) is 2.99. The Balaban J connectivity index is 1.72. The number of fused-ring (bicyclic) bond motifs is 1. The van der Waals surface area contributed by atoms with Crippen molar-refractivity contribution in [3.8, 4) is 0 Å². The lowest BCUT2D eigenvalue weighted by Crippen LogP contribution is -2.39. The largest absolute Gasteiger partial charge is 0.284 e. The monoisotopic (exact) mass is 383 g/mol. The van der Waals surface area contributed by atoms with Gasteiger partial charge in [0.1, 0.15) is 0 Å². The summed E-state index contributed by atoms with van der Waals surface area (Å²) in [6, 6.07) is 17.2. The van der Waals surface area contributed by atoms with Crippen molar-refractivity contribution in [3.05, 3.63) is 75.5 Å². The molecule has 3 aromatic rings. The zero-order chi connectivity index (χ0) is 16.5. The van der Waals surface area contributed by atoms with Crippen molar-refractivity contribution in [2.24, 2.45) is 0 Å². The van der Waals surface area contributed by atoms with Crippen molar-refractivity contribution in [1.82, 2.24) is 25.1 Å². The summed E-state index contributed by atoms with van der Waals surface area (Å²) in [6.45, 7) is 4.72. The Morgan fingerprint density at radius 3 is 2.83 bits per heavy atom. The summed E-state index contributed by atoms with van der Waals surface area (Å²) < 4.78 is 3.03. The lowest BCUT2D eigenvalue weighted by atomic mass is 10.00. The Morgan fingerprint density at radius 2 is 2.00 bits per heavy atom. The standard InChI is InChI=1S/C18H18BrN5/c1-13-4-2-6-15(10-13)17-18-20-21-22-24(18)9-8-23(17)12-14-5-3-7-16(19)11-14/h2-7,10-11,17H,8-9,12H2,1H3/t17-/m0/s1. The highest BCUT2D eigenvalue weighted by Crippen LogP contribution is 2.31. The molecular formula is C18H18BrN5. The first kappa shape index (κ1) is 15.5. The predicted octanol–water partition coefficient (Wildman–Crippen LogP) is 3.35. The number of halogens is 1. The van der Waals surface area contributed by atoms with Crippen LogP contribution in [-0.4, -0.2) is 31.7 Å². The number of nitrogens with zero attached hydrogens (tertiary/aromatic N) is 5. The maximum atomic E-state index is 4.30. The van der Waals surface area contributed by atoms with E-state index >= 15 is 0 Å². The molecule has 0 radical (unpaired) electrons. The van der Waals surface area contributed by atoms with E-state index in [1.54, 1.807) is 0 Å². The topological polar surface area (TPSA) is 46.8 Å². The number of hydrogen-bond donors (Lipinski definition) is 0. The highest BCUT2D eigenvalue weighted by Gasteiger charge is 2.31. The van der Waals surface area contributed by atoms with Crippen LogP contribution in [0.4, 0.5) is 0 Å². The van der Waals surface area contributed by atoms with Crippen LogP contribution in [-0.2, 0) is 13.1 Å². The molecule has 0 N–H and O–H groups in total. The van der Waals surface area contributed by atoms with E-state index in [0.29, 0.717) is 0 Å². The van der Waals surface area contributed by atoms with Crippen LogP contribution in [0.3, 0.4) is 0 Å². The molecule has 0 bridgehead atoms. The maximum Gasteiger partial charge on any atom is 0.173 e. The molecule has 122 valence electrons. The second-order valence-corrected chi connectivity index (χ2v) is 7.09. The van der Waals surface area contributed by atoms with E-state index in [1.165, 1.54) is 16.7 Å². The van der Waals surface area contributed by atoms with Crippen molar-refractivity contribution >= 4 is 15.9 Å². The molecule has 1 aliphatic rings. The van der Waals surface area contributed by atoms with Gasteiger partial charge in [0.15, 0.2) is 5.82 Å². The Labute approximate surface area is 149 Å². The summed E-state index contributed by atoms with van der Waals surface area (Å²) in [5.74, 6) is 0.918. The van der Waals surface area contributed by atoms with Crippen LogP contribution < -0.4 is 0 Å². The van der Waals surface area contributed by atoms with E-state index in [9.17, 15) is 0 Å². The summed E-state index contributed by atoms with van der Waals surface area (Å²) in [5.41, 5.74) is 3.77. The fourth-order valence-corrected chi connectivity index (χ4v) is 3.77. The molecule has 0 spiro atoms. The number of tetrazole rings is 1. The summed E-state index contributed by atoms with van der Waals surface area (Å²) in [5, 5.41) is 12.3. The van der Waals surface area contributed by atoms with Gasteiger partial charge in [0.2, 0.25) is 0 Å². The van der Waals surface area contributed by atoms with E-state index in [1.807, 2.05) is 4.68 Å². The van der Waals surface area contributed by atoms with Gasteiger partial charge in [0.05, 0.1) is 12.6 Å². The van der Waals surface area contributed by atoms with Gasteiger partial charge in [-0.3, -0.25) is 4.90 Å². The smallest absolute Gasteiger partial charge is 0.173 e. The number of benzene rings is 2. The lowest BCUT2D eigenvalue weighted by molar-refractivity contribution is 0.164. The third-order valence-electron chi connectivity index (χ3n) is 4.40. The molecule has 0 unspecified atom stereocenters. The molecule has 2 aromatic carbocycles. The van der Waals surface area contributed by atoms with Crippen molar-refractivity contribution in [3.63, 3.8) is 0 Å². The first-order valence-electron chi connectivity index (χ1n) is 8.02. The van der Waals surface area contributed by atoms with E-state index in [0.717, 1.165) is 29.9 Å². The van der Waals surface area contributed by atoms with Crippen LogP contribution >= 0.6 is 15.9 Å². The Bertz CT molecular complexity index is 860. The van der Waals surface area contributed by atoms with Gasteiger partial charge in [0.25, 0.3) is 0 Å². The molecular weight excluding hydrogens is 366 g/mol. The molecule has 0 amide bonds. The van der Waals surface area contributed by atoms with Crippen LogP contribution in [0.15, 0.2) is 53.0 Å². The van der Waals surface area contributed by atoms with Gasteiger partial charge in [-0.05, 0) is 40.6 Å². The van der Waals surface area contributed by atoms with Gasteiger partial charge in [-0.15, -0.1) is 5.10 Å². The first-order chi connectivity index (χ1) is 11.7. The maximum absolute atomic E-state index is 4.30. The lowest BCUT2D eigenvalue weighted by Gasteiger charge is -2.35. The molecule has 0 aliphatic carbocycles. The van der Waals surface area contributed by atoms with Crippen LogP contribution in [0.5, 0.6) is 0 Å². The summed E-state index contributed by atoms with van der Waals surface area (Å²) >= 11 is 3.56. The van der Waals surface area contributed by atoms with Crippen LogP contribution in [0, 0.1) is 6.92 Å². The van der Waals surface area contributed by atoms with Crippen LogP contribution in [0.2, 0.25) is 0 Å². The molecule has 24 heavy (non-hydrogen) atoms. The predicted molar refractivity (Wildman–Crippen MR) is 95.4 cm³/mol. The zero-order valence-electron chi connectivity index (χ0n) is 13.4. The average Bonchev–Trinajstić information content (AvgIpc) is 3.03. The highest BCUT2D eigenvalue weighted by atomic mass is 79.9. The normalized spacial score (nSPS) is 17.7. The van der Waals surface area contributed by atoms with Crippen molar-refractivity contribution in [2.45, 2.75) is 26.1 Å². The SMILES string of the molecule is Cc1cccc([C@H]2c3nnnn3CCN2Cc2cccc(Br)c2)c1. The molecule has 0 saturated heterocycles. The van der Waals surface area contributed by atoms with Gasteiger partial charge >= 0.3 is 0 Å². The molecule has 0 saturated carbocycles. The second kappa shape index (κ2) is 6.45. The fraction of sp³-hybridized carbons (Fsp3) is 0.278. The Hall–Kier alpha value is -2.05. The van der Waals surface area contributed by atoms with Crippen molar-refractivity contribution < 1.29 is 0 Å². The second-order valence-electron chi connectivity index (χ2n) is 6.18. The Kier molecular flexibility index (Phi) is 4.16. The van der Waals surface area contributed by atoms with Gasteiger partial charge < -0.3 is 0 Å². The molecule has 1 atom stereocenters. The van der Waals surface area contributed by atoms with Gasteiger partial charge in [-0.1, -0.05) is 57.9 Å². The minimum absolute atomic E-state index is 0.0765. The zero-order valence-corrected chi connectivity index (χ0v) is 15.0. The summed E-state index contributed by atoms with van der Waals surface area (Å²) in [4.78, 5) is 2.45. The number of aromatic nitrogens is 4. The van der Waals surface area contributed by atoms with E-state index in [2.05, 4.69) is 91.8 Å². The molecule has 5 nitrogen and oxygen atoms in total. The van der Waals surface area contributed by atoms with E-state index in [-0.39, 0.29) is 6.04 Å². The van der Waals surface area contributed by atoms with E-state index < -0.39 is 0 Å². The molecule has 0 fully saturated rings. The first-order valence-corrected chi connectivity index (χ1v) is 8.81. The minimum atomic E-state index is 0.0765. The van der Waals surface area contributed by atoms with Crippen LogP contribution in [0.25, 0.3) is 0 Å². The fourth-order valence-electron chi connectivity index (χ4n) is 3.32. The highest BCUT2D eigenvalue weighted by molar-refractivity contribution is 9.10. The average molecular weight is 384 g/mol. The molecule has 2 heterocycles. The van der Waals surface area contributed by atoms with Crippen LogP contribution in [0.1, 0.15) is 28.6 Å². The van der Waals surface area contributed by atoms with Crippen molar-refractivity contribution in [1.29, 1.82) is 0 Å². The molecule has 6 heteroatoms.